The number of nitrogens with zero attached hydrogens (tertiary/aromatic N) is 2. The highest BCUT2D eigenvalue weighted by atomic mass is 35.5. The van der Waals surface area contributed by atoms with E-state index >= 15 is 0 Å². The van der Waals surface area contributed by atoms with E-state index in [0.29, 0.717) is 23.8 Å². The van der Waals surface area contributed by atoms with Gasteiger partial charge in [0.25, 0.3) is 0 Å². The quantitative estimate of drug-likeness (QED) is 0.731. The molecule has 7 heteroatoms. The lowest BCUT2D eigenvalue weighted by atomic mass is 10.2. The average molecular weight is 286 g/mol. The van der Waals surface area contributed by atoms with Gasteiger partial charge in [0.2, 0.25) is 5.91 Å². The molecule has 1 aliphatic rings. The van der Waals surface area contributed by atoms with Crippen LogP contribution in [0.1, 0.15) is 6.42 Å². The molecule has 0 radical (unpaired) electrons. The fourth-order valence-corrected chi connectivity index (χ4v) is 2.27. The molecule has 0 bridgehead atoms. The van der Waals surface area contributed by atoms with Crippen molar-refractivity contribution in [2.24, 2.45) is 0 Å². The Morgan fingerprint density at radius 1 is 1.58 bits per heavy atom. The fourth-order valence-electron chi connectivity index (χ4n) is 2.16. The van der Waals surface area contributed by atoms with E-state index in [0.717, 1.165) is 0 Å². The van der Waals surface area contributed by atoms with Crippen LogP contribution in [0.2, 0.25) is 5.02 Å². The van der Waals surface area contributed by atoms with Crippen molar-refractivity contribution in [3.8, 4) is 0 Å². The SMILES string of the molecule is O=C(CN1C[C@@H](O)C[C@H]1CO)Nc1ccc(Cl)cn1. The molecule has 2 heterocycles. The predicted molar refractivity (Wildman–Crippen MR) is 70.9 cm³/mol. The van der Waals surface area contributed by atoms with Gasteiger partial charge in [-0.25, -0.2) is 4.98 Å². The summed E-state index contributed by atoms with van der Waals surface area (Å²) in [5.74, 6) is 0.192. The highest BCUT2D eigenvalue weighted by Gasteiger charge is 2.31. The van der Waals surface area contributed by atoms with E-state index < -0.39 is 6.10 Å². The van der Waals surface area contributed by atoms with Crippen LogP contribution in [0.25, 0.3) is 0 Å². The molecule has 2 atom stereocenters. The molecule has 1 aromatic heterocycles. The Labute approximate surface area is 116 Å². The first-order chi connectivity index (χ1) is 9.08. The van der Waals surface area contributed by atoms with Crippen molar-refractivity contribution in [2.75, 3.05) is 25.0 Å². The standard InChI is InChI=1S/C12H16ClN3O3/c13-8-1-2-11(14-4-8)15-12(19)6-16-5-10(18)3-9(16)7-17/h1-2,4,9-10,17-18H,3,5-7H2,(H,14,15,19)/t9-,10-/m0/s1. The Bertz CT molecular complexity index is 440. The van der Waals surface area contributed by atoms with Crippen molar-refractivity contribution in [1.29, 1.82) is 0 Å². The van der Waals surface area contributed by atoms with Gasteiger partial charge in [-0.15, -0.1) is 0 Å². The lowest BCUT2D eigenvalue weighted by Crippen LogP contribution is -2.38. The topological polar surface area (TPSA) is 85.7 Å². The summed E-state index contributed by atoms with van der Waals surface area (Å²) in [6.45, 7) is 0.447. The summed E-state index contributed by atoms with van der Waals surface area (Å²) in [7, 11) is 0. The number of pyridine rings is 1. The van der Waals surface area contributed by atoms with Crippen LogP contribution in [0.3, 0.4) is 0 Å². The molecule has 0 saturated carbocycles. The molecule has 2 rings (SSSR count). The van der Waals surface area contributed by atoms with Crippen molar-refractivity contribution in [3.05, 3.63) is 23.4 Å². The first-order valence-electron chi connectivity index (χ1n) is 6.03. The van der Waals surface area contributed by atoms with Crippen molar-refractivity contribution in [1.82, 2.24) is 9.88 Å². The first-order valence-corrected chi connectivity index (χ1v) is 6.40. The van der Waals surface area contributed by atoms with Gasteiger partial charge in [0, 0.05) is 18.8 Å². The predicted octanol–water partition coefficient (Wildman–Crippen LogP) is 0.101. The molecule has 0 unspecified atom stereocenters. The van der Waals surface area contributed by atoms with Gasteiger partial charge in [0.15, 0.2) is 0 Å². The number of nitrogens with one attached hydrogen (secondary N) is 1. The van der Waals surface area contributed by atoms with Gasteiger partial charge >= 0.3 is 0 Å². The highest BCUT2D eigenvalue weighted by molar-refractivity contribution is 6.30. The second-order valence-corrected chi connectivity index (χ2v) is 5.00. The van der Waals surface area contributed by atoms with Gasteiger partial charge in [0.05, 0.1) is 24.3 Å². The molecular weight excluding hydrogens is 270 g/mol. The summed E-state index contributed by atoms with van der Waals surface area (Å²) in [6.07, 6.45) is 1.45. The minimum absolute atomic E-state index is 0.0659. The molecule has 6 nitrogen and oxygen atoms in total. The van der Waals surface area contributed by atoms with Crippen LogP contribution in [0.5, 0.6) is 0 Å². The second-order valence-electron chi connectivity index (χ2n) is 4.57. The van der Waals surface area contributed by atoms with E-state index in [1.165, 1.54) is 6.20 Å². The van der Waals surface area contributed by atoms with Gasteiger partial charge in [-0.3, -0.25) is 9.69 Å². The summed E-state index contributed by atoms with van der Waals surface area (Å²) < 4.78 is 0. The second kappa shape index (κ2) is 6.29. The van der Waals surface area contributed by atoms with Gasteiger partial charge in [-0.1, -0.05) is 11.6 Å². The van der Waals surface area contributed by atoms with Gasteiger partial charge in [-0.05, 0) is 18.6 Å². The zero-order valence-corrected chi connectivity index (χ0v) is 11.0. The van der Waals surface area contributed by atoms with Crippen LogP contribution >= 0.6 is 11.6 Å². The maximum atomic E-state index is 11.8. The number of hydrogen-bond donors (Lipinski definition) is 3. The number of rotatable bonds is 4. The van der Waals surface area contributed by atoms with Crippen molar-refractivity contribution < 1.29 is 15.0 Å². The molecule has 1 aromatic rings. The molecule has 104 valence electrons. The summed E-state index contributed by atoms with van der Waals surface area (Å²) in [5.41, 5.74) is 0. The Morgan fingerprint density at radius 3 is 3.00 bits per heavy atom. The molecule has 3 N–H and O–H groups in total. The monoisotopic (exact) mass is 285 g/mol. The number of carbonyl (C=O) groups excluding carboxylic acids is 1. The average Bonchev–Trinajstić information content (AvgIpc) is 2.72. The number of halogens is 1. The lowest BCUT2D eigenvalue weighted by Gasteiger charge is -2.21. The van der Waals surface area contributed by atoms with Crippen LogP contribution < -0.4 is 5.32 Å². The third-order valence-corrected chi connectivity index (χ3v) is 3.28. The molecule has 0 spiro atoms. The lowest BCUT2D eigenvalue weighted by molar-refractivity contribution is -0.117. The summed E-state index contributed by atoms with van der Waals surface area (Å²) in [4.78, 5) is 17.6. The third kappa shape index (κ3) is 3.87. The summed E-state index contributed by atoms with van der Waals surface area (Å²) in [6, 6.07) is 3.09. The van der Waals surface area contributed by atoms with E-state index in [1.54, 1.807) is 17.0 Å². The van der Waals surface area contributed by atoms with Gasteiger partial charge < -0.3 is 15.5 Å². The number of aliphatic hydroxyl groups excluding tert-OH is 2. The molecule has 1 saturated heterocycles. The van der Waals surface area contributed by atoms with Crippen LogP contribution in [-0.2, 0) is 4.79 Å². The largest absolute Gasteiger partial charge is 0.395 e. The minimum Gasteiger partial charge on any atom is -0.395 e. The maximum Gasteiger partial charge on any atom is 0.239 e. The van der Waals surface area contributed by atoms with Crippen molar-refractivity contribution in [3.63, 3.8) is 0 Å². The molecular formula is C12H16ClN3O3. The number of aliphatic hydroxyl groups is 2. The molecule has 1 aliphatic heterocycles. The van der Waals surface area contributed by atoms with Gasteiger partial charge in [0.1, 0.15) is 5.82 Å². The van der Waals surface area contributed by atoms with E-state index in [-0.39, 0.29) is 25.1 Å². The molecule has 0 aromatic carbocycles. The van der Waals surface area contributed by atoms with Crippen LogP contribution in [0.15, 0.2) is 18.3 Å². The van der Waals surface area contributed by atoms with Crippen molar-refractivity contribution >= 4 is 23.3 Å². The number of likely N-dealkylation sites (tertiary alicyclic amines) is 1. The number of β-amino-alcohol motifs (C(OH)–C–C–N with tert-alkyl or cyclic N) is 1. The first kappa shape index (κ1) is 14.2. The molecule has 1 amide bonds. The fraction of sp³-hybridized carbons (Fsp3) is 0.500. The molecule has 1 fully saturated rings. The third-order valence-electron chi connectivity index (χ3n) is 3.06. The van der Waals surface area contributed by atoms with Crippen LogP contribution in [-0.4, -0.2) is 57.8 Å². The Morgan fingerprint density at radius 2 is 2.37 bits per heavy atom. The maximum absolute atomic E-state index is 11.8. The number of hydrogen-bond acceptors (Lipinski definition) is 5. The van der Waals surface area contributed by atoms with E-state index in [1.807, 2.05) is 0 Å². The van der Waals surface area contributed by atoms with Crippen molar-refractivity contribution in [2.45, 2.75) is 18.6 Å². The van der Waals surface area contributed by atoms with Crippen LogP contribution in [0, 0.1) is 0 Å². The number of anilines is 1. The Hall–Kier alpha value is -1.21. The number of carbonyl (C=O) groups is 1. The smallest absolute Gasteiger partial charge is 0.239 e. The zero-order chi connectivity index (χ0) is 13.8. The Kier molecular flexibility index (Phi) is 4.71. The normalized spacial score (nSPS) is 23.5. The molecule has 19 heavy (non-hydrogen) atoms. The summed E-state index contributed by atoms with van der Waals surface area (Å²) in [5, 5.41) is 21.8. The van der Waals surface area contributed by atoms with E-state index in [9.17, 15) is 15.0 Å². The zero-order valence-electron chi connectivity index (χ0n) is 10.3. The number of aromatic nitrogens is 1. The van der Waals surface area contributed by atoms with E-state index in [4.69, 9.17) is 11.6 Å². The van der Waals surface area contributed by atoms with E-state index in [2.05, 4.69) is 10.3 Å². The summed E-state index contributed by atoms with van der Waals surface area (Å²) >= 11 is 5.70. The molecule has 0 aliphatic carbocycles. The Balaban J connectivity index is 1.89. The minimum atomic E-state index is -0.487. The highest BCUT2D eigenvalue weighted by Crippen LogP contribution is 2.17. The van der Waals surface area contributed by atoms with Gasteiger partial charge in [-0.2, -0.15) is 0 Å². The van der Waals surface area contributed by atoms with Crippen LogP contribution in [0.4, 0.5) is 5.82 Å². The number of amides is 1.